The first-order valence-electron chi connectivity index (χ1n) is 9.53. The predicted molar refractivity (Wildman–Crippen MR) is 128 cm³/mol. The van der Waals surface area contributed by atoms with E-state index in [1.54, 1.807) is 37.3 Å². The second kappa shape index (κ2) is 8.46. The SMILES string of the molecule is Cc1ccc(Sc2cc(NS(=O)(=O)c3ccc(Cl)c(C)c3)c3ccccc3c2O)cc1. The molecule has 0 aliphatic heterocycles. The minimum Gasteiger partial charge on any atom is -0.506 e. The highest BCUT2D eigenvalue weighted by Gasteiger charge is 2.19. The highest BCUT2D eigenvalue weighted by molar-refractivity contribution is 7.99. The predicted octanol–water partition coefficient (Wildman–Crippen LogP) is 6.77. The van der Waals surface area contributed by atoms with Crippen molar-refractivity contribution < 1.29 is 13.5 Å². The summed E-state index contributed by atoms with van der Waals surface area (Å²) in [5.74, 6) is 0.117. The van der Waals surface area contributed by atoms with E-state index in [9.17, 15) is 13.5 Å². The van der Waals surface area contributed by atoms with E-state index in [0.717, 1.165) is 10.5 Å². The largest absolute Gasteiger partial charge is 0.506 e. The molecule has 0 spiro atoms. The van der Waals surface area contributed by atoms with Gasteiger partial charge in [-0.15, -0.1) is 0 Å². The van der Waals surface area contributed by atoms with Gasteiger partial charge in [0.25, 0.3) is 10.0 Å². The van der Waals surface area contributed by atoms with Crippen LogP contribution in [0.1, 0.15) is 11.1 Å². The number of aromatic hydroxyl groups is 1. The lowest BCUT2D eigenvalue weighted by Crippen LogP contribution is -2.13. The third kappa shape index (κ3) is 4.51. The van der Waals surface area contributed by atoms with E-state index in [4.69, 9.17) is 11.6 Å². The highest BCUT2D eigenvalue weighted by atomic mass is 35.5. The van der Waals surface area contributed by atoms with Crippen LogP contribution in [0.2, 0.25) is 5.02 Å². The third-order valence-electron chi connectivity index (χ3n) is 4.91. The molecule has 0 saturated carbocycles. The van der Waals surface area contributed by atoms with Crippen molar-refractivity contribution in [2.75, 3.05) is 4.72 Å². The number of anilines is 1. The van der Waals surface area contributed by atoms with Gasteiger partial charge in [-0.05, 0) is 55.8 Å². The van der Waals surface area contributed by atoms with Gasteiger partial charge in [0.15, 0.2) is 0 Å². The van der Waals surface area contributed by atoms with E-state index in [0.29, 0.717) is 31.9 Å². The van der Waals surface area contributed by atoms with Gasteiger partial charge in [0.1, 0.15) is 5.75 Å². The molecule has 4 nitrogen and oxygen atoms in total. The molecule has 0 radical (unpaired) electrons. The number of benzene rings is 4. The fourth-order valence-corrected chi connectivity index (χ4v) is 5.40. The molecule has 2 N–H and O–H groups in total. The van der Waals surface area contributed by atoms with Gasteiger partial charge in [0.2, 0.25) is 0 Å². The molecular formula is C24H20ClNO3S2. The van der Waals surface area contributed by atoms with Crippen molar-refractivity contribution in [3.63, 3.8) is 0 Å². The second-order valence-electron chi connectivity index (χ2n) is 7.25. The van der Waals surface area contributed by atoms with Gasteiger partial charge in [-0.2, -0.15) is 0 Å². The van der Waals surface area contributed by atoms with Gasteiger partial charge in [-0.3, -0.25) is 4.72 Å². The summed E-state index contributed by atoms with van der Waals surface area (Å²) in [4.78, 5) is 1.63. The van der Waals surface area contributed by atoms with Gasteiger partial charge >= 0.3 is 0 Å². The quantitative estimate of drug-likeness (QED) is 0.316. The maximum Gasteiger partial charge on any atom is 0.261 e. The molecule has 0 amide bonds. The Labute approximate surface area is 190 Å². The summed E-state index contributed by atoms with van der Waals surface area (Å²) < 4.78 is 28.8. The first kappa shape index (κ1) is 21.6. The number of nitrogens with one attached hydrogen (secondary N) is 1. The maximum absolute atomic E-state index is 13.1. The second-order valence-corrected chi connectivity index (χ2v) is 10.5. The minimum absolute atomic E-state index is 0.117. The van der Waals surface area contributed by atoms with Crippen molar-refractivity contribution in [3.8, 4) is 5.75 Å². The molecule has 7 heteroatoms. The topological polar surface area (TPSA) is 66.4 Å². The Kier molecular flexibility index (Phi) is 5.88. The van der Waals surface area contributed by atoms with Crippen molar-refractivity contribution in [2.24, 2.45) is 0 Å². The Morgan fingerprint density at radius 3 is 2.26 bits per heavy atom. The standard InChI is InChI=1S/C24H20ClNO3S2/c1-15-7-9-17(10-8-15)30-23-14-22(19-5-3-4-6-20(19)24(23)27)26-31(28,29)18-11-12-21(25)16(2)13-18/h3-14,26-27H,1-2H3. The molecule has 0 aromatic heterocycles. The van der Waals surface area contributed by atoms with E-state index in [2.05, 4.69) is 4.72 Å². The number of sulfonamides is 1. The molecule has 0 aliphatic rings. The number of hydrogen-bond donors (Lipinski definition) is 2. The van der Waals surface area contributed by atoms with Crippen molar-refractivity contribution in [3.05, 3.63) is 88.9 Å². The fraction of sp³-hybridized carbons (Fsp3) is 0.0833. The number of phenols is 1. The molecule has 0 saturated heterocycles. The van der Waals surface area contributed by atoms with Crippen molar-refractivity contribution in [2.45, 2.75) is 28.5 Å². The first-order valence-corrected chi connectivity index (χ1v) is 12.2. The third-order valence-corrected chi connectivity index (χ3v) is 7.74. The molecule has 4 rings (SSSR count). The van der Waals surface area contributed by atoms with Gasteiger partial charge in [0, 0.05) is 20.7 Å². The van der Waals surface area contributed by atoms with Gasteiger partial charge < -0.3 is 5.11 Å². The van der Waals surface area contributed by atoms with Crippen LogP contribution < -0.4 is 4.72 Å². The molecule has 0 unspecified atom stereocenters. The van der Waals surface area contributed by atoms with Gasteiger partial charge in [-0.25, -0.2) is 8.42 Å². The van der Waals surface area contributed by atoms with E-state index >= 15 is 0 Å². The molecule has 4 aromatic rings. The molecule has 158 valence electrons. The summed E-state index contributed by atoms with van der Waals surface area (Å²) in [7, 11) is -3.85. The summed E-state index contributed by atoms with van der Waals surface area (Å²) in [5.41, 5.74) is 2.21. The zero-order valence-electron chi connectivity index (χ0n) is 16.9. The van der Waals surface area contributed by atoms with Crippen molar-refractivity contribution >= 4 is 49.8 Å². The first-order chi connectivity index (χ1) is 14.7. The smallest absolute Gasteiger partial charge is 0.261 e. The van der Waals surface area contributed by atoms with E-state index in [1.165, 1.54) is 23.9 Å². The number of aryl methyl sites for hydroxylation is 2. The minimum atomic E-state index is -3.85. The lowest BCUT2D eigenvalue weighted by atomic mass is 10.1. The number of halogens is 1. The highest BCUT2D eigenvalue weighted by Crippen LogP contribution is 2.43. The summed E-state index contributed by atoms with van der Waals surface area (Å²) in [5, 5.41) is 12.6. The molecular weight excluding hydrogens is 450 g/mol. The lowest BCUT2D eigenvalue weighted by molar-refractivity contribution is 0.469. The molecule has 31 heavy (non-hydrogen) atoms. The average molecular weight is 470 g/mol. The lowest BCUT2D eigenvalue weighted by Gasteiger charge is -2.15. The van der Waals surface area contributed by atoms with Crippen molar-refractivity contribution in [1.29, 1.82) is 0 Å². The summed E-state index contributed by atoms with van der Waals surface area (Å²) >= 11 is 7.42. The zero-order valence-corrected chi connectivity index (χ0v) is 19.3. The van der Waals surface area contributed by atoms with Crippen LogP contribution in [-0.2, 0) is 10.0 Å². The molecule has 0 atom stereocenters. The Hall–Kier alpha value is -2.67. The zero-order chi connectivity index (χ0) is 22.2. The fourth-order valence-electron chi connectivity index (χ4n) is 3.22. The van der Waals surface area contributed by atoms with Gasteiger partial charge in [0.05, 0.1) is 15.5 Å². The number of hydrogen-bond acceptors (Lipinski definition) is 4. The Balaban J connectivity index is 1.80. The van der Waals surface area contributed by atoms with Crippen molar-refractivity contribution in [1.82, 2.24) is 0 Å². The Morgan fingerprint density at radius 1 is 0.903 bits per heavy atom. The molecule has 4 aromatic carbocycles. The average Bonchev–Trinajstić information content (AvgIpc) is 2.75. The normalized spacial score (nSPS) is 11.6. The number of phenolic OH excluding ortho intramolecular Hbond substituents is 1. The molecule has 0 heterocycles. The maximum atomic E-state index is 13.1. The van der Waals surface area contributed by atoms with Crippen LogP contribution in [0.15, 0.2) is 87.5 Å². The monoisotopic (exact) mass is 469 g/mol. The molecule has 0 bridgehead atoms. The Bertz CT molecular complexity index is 1380. The molecule has 0 aliphatic carbocycles. The van der Waals surface area contributed by atoms with E-state index in [1.807, 2.05) is 37.3 Å². The van der Waals surface area contributed by atoms with Crippen LogP contribution in [0, 0.1) is 13.8 Å². The molecule has 0 fully saturated rings. The number of fused-ring (bicyclic) bond motifs is 1. The summed E-state index contributed by atoms with van der Waals surface area (Å²) in [6.45, 7) is 3.76. The Morgan fingerprint density at radius 2 is 1.58 bits per heavy atom. The van der Waals surface area contributed by atoms with E-state index in [-0.39, 0.29) is 10.6 Å². The van der Waals surface area contributed by atoms with Crippen LogP contribution in [0.25, 0.3) is 10.8 Å². The number of rotatable bonds is 5. The summed E-state index contributed by atoms with van der Waals surface area (Å²) in [6.07, 6.45) is 0. The van der Waals surface area contributed by atoms with Crippen LogP contribution >= 0.6 is 23.4 Å². The van der Waals surface area contributed by atoms with Crippen LogP contribution in [0.5, 0.6) is 5.75 Å². The van der Waals surface area contributed by atoms with Crippen LogP contribution in [0.4, 0.5) is 5.69 Å². The summed E-state index contributed by atoms with van der Waals surface area (Å²) in [6, 6.07) is 21.3. The van der Waals surface area contributed by atoms with Crippen LogP contribution in [0.3, 0.4) is 0 Å². The van der Waals surface area contributed by atoms with Crippen LogP contribution in [-0.4, -0.2) is 13.5 Å². The van der Waals surface area contributed by atoms with E-state index < -0.39 is 10.0 Å². The van der Waals surface area contributed by atoms with Gasteiger partial charge in [-0.1, -0.05) is 65.3 Å².